The topological polar surface area (TPSA) is 49.6 Å². The average Bonchev–Trinajstić information content (AvgIpc) is 2.88. The van der Waals surface area contributed by atoms with Crippen LogP contribution in [-0.2, 0) is 0 Å². The second kappa shape index (κ2) is 5.39. The fraction of sp³-hybridized carbons (Fsp3) is 0. The van der Waals surface area contributed by atoms with E-state index in [0.29, 0.717) is 20.8 Å². The molecule has 0 fully saturated rings. The maximum Gasteiger partial charge on any atom is 0.168 e. The molecule has 0 N–H and O–H groups in total. The number of pyridine rings is 1. The molecule has 2 aromatic heterocycles. The minimum Gasteiger partial charge on any atom is -0.240 e. The molecule has 3 nitrogen and oxygen atoms in total. The van der Waals surface area contributed by atoms with Gasteiger partial charge in [0.05, 0.1) is 32.6 Å². The molecule has 0 unspecified atom stereocenters. The molecule has 0 aliphatic carbocycles. The minimum atomic E-state index is -0.571. The number of nitrogens with zero attached hydrogens (tertiary/aromatic N) is 3. The molecule has 3 rings (SSSR count). The first-order valence-electron chi connectivity index (χ1n) is 5.51. The van der Waals surface area contributed by atoms with E-state index in [2.05, 4.69) is 9.97 Å². The Morgan fingerprint density at radius 2 is 1.86 bits per heavy atom. The van der Waals surface area contributed by atoms with E-state index in [1.807, 2.05) is 6.07 Å². The monoisotopic (exact) mass is 357 g/mol. The highest BCUT2D eigenvalue weighted by Gasteiger charge is 2.18. The third-order valence-corrected chi connectivity index (χ3v) is 4.79. The van der Waals surface area contributed by atoms with Crippen LogP contribution in [0, 0.1) is 17.1 Å². The highest BCUT2D eigenvalue weighted by Crippen LogP contribution is 2.41. The number of fused-ring (bicyclic) bond motifs is 1. The van der Waals surface area contributed by atoms with Crippen molar-refractivity contribution in [2.75, 3.05) is 0 Å². The van der Waals surface area contributed by atoms with Crippen LogP contribution >= 0.6 is 46.1 Å². The van der Waals surface area contributed by atoms with E-state index in [1.54, 1.807) is 0 Å². The lowest BCUT2D eigenvalue weighted by Gasteiger charge is -2.03. The lowest BCUT2D eigenvalue weighted by molar-refractivity contribution is 0.631. The van der Waals surface area contributed by atoms with E-state index in [9.17, 15) is 4.39 Å². The first-order valence-corrected chi connectivity index (χ1v) is 7.46. The standard InChI is InChI=1S/C13H3Cl3FN3S/c14-6-1-5(3-18)2-7(15)9(6)13-20-10-8(17)4-19-12(16)11(10)21-13/h1-2,4H. The van der Waals surface area contributed by atoms with Crippen LogP contribution < -0.4 is 0 Å². The number of rotatable bonds is 1. The summed E-state index contributed by atoms with van der Waals surface area (Å²) in [5.41, 5.74) is 0.890. The number of thiazole rings is 1. The van der Waals surface area contributed by atoms with E-state index in [-0.39, 0.29) is 20.7 Å². The van der Waals surface area contributed by atoms with Crippen molar-refractivity contribution in [2.45, 2.75) is 0 Å². The van der Waals surface area contributed by atoms with Gasteiger partial charge in [-0.2, -0.15) is 5.26 Å². The summed E-state index contributed by atoms with van der Waals surface area (Å²) in [7, 11) is 0. The predicted octanol–water partition coefficient (Wildman–Crippen LogP) is 5.33. The molecule has 1 aromatic carbocycles. The summed E-state index contributed by atoms with van der Waals surface area (Å²) < 4.78 is 14.1. The van der Waals surface area contributed by atoms with Crippen LogP contribution in [0.3, 0.4) is 0 Å². The van der Waals surface area contributed by atoms with Gasteiger partial charge in [-0.1, -0.05) is 34.8 Å². The van der Waals surface area contributed by atoms with E-state index < -0.39 is 5.82 Å². The van der Waals surface area contributed by atoms with Crippen LogP contribution in [0.4, 0.5) is 4.39 Å². The Balaban J connectivity index is 2.29. The molecule has 0 aliphatic heterocycles. The largest absolute Gasteiger partial charge is 0.240 e. The SMILES string of the molecule is N#Cc1cc(Cl)c(-c2nc3c(F)cnc(Cl)c3s2)c(Cl)c1. The molecule has 0 atom stereocenters. The lowest BCUT2D eigenvalue weighted by atomic mass is 10.1. The maximum atomic E-state index is 13.7. The molecule has 0 saturated heterocycles. The molecular weight excluding hydrogens is 356 g/mol. The summed E-state index contributed by atoms with van der Waals surface area (Å²) in [5.74, 6) is -0.571. The van der Waals surface area contributed by atoms with Gasteiger partial charge in [0.2, 0.25) is 0 Å². The zero-order valence-electron chi connectivity index (χ0n) is 9.99. The summed E-state index contributed by atoms with van der Waals surface area (Å²) >= 11 is 19.4. The molecule has 0 bridgehead atoms. The van der Waals surface area contributed by atoms with Crippen LogP contribution in [0.1, 0.15) is 5.56 Å². The lowest BCUT2D eigenvalue weighted by Crippen LogP contribution is -1.85. The van der Waals surface area contributed by atoms with Crippen LogP contribution in [0.5, 0.6) is 0 Å². The van der Waals surface area contributed by atoms with Crippen molar-refractivity contribution in [1.29, 1.82) is 5.26 Å². The van der Waals surface area contributed by atoms with Gasteiger partial charge in [0.1, 0.15) is 15.7 Å². The number of hydrogen-bond acceptors (Lipinski definition) is 4. The van der Waals surface area contributed by atoms with Crippen LogP contribution in [0.25, 0.3) is 20.8 Å². The molecule has 0 spiro atoms. The first-order chi connectivity index (χ1) is 10.0. The summed E-state index contributed by atoms with van der Waals surface area (Å²) in [4.78, 5) is 7.93. The molecule has 0 aliphatic rings. The van der Waals surface area contributed by atoms with Gasteiger partial charge in [-0.3, -0.25) is 0 Å². The summed E-state index contributed by atoms with van der Waals surface area (Å²) in [6, 6.07) is 4.91. The van der Waals surface area contributed by atoms with Crippen molar-refractivity contribution < 1.29 is 4.39 Å². The Hall–Kier alpha value is -1.45. The van der Waals surface area contributed by atoms with E-state index >= 15 is 0 Å². The third-order valence-electron chi connectivity index (χ3n) is 2.72. The number of halogens is 4. The second-order valence-electron chi connectivity index (χ2n) is 4.02. The zero-order valence-corrected chi connectivity index (χ0v) is 13.1. The van der Waals surface area contributed by atoms with Crippen molar-refractivity contribution in [3.8, 4) is 16.6 Å². The summed E-state index contributed by atoms with van der Waals surface area (Å²) in [6.07, 6.45) is 1.01. The van der Waals surface area contributed by atoms with Gasteiger partial charge in [0, 0.05) is 5.56 Å². The van der Waals surface area contributed by atoms with Crippen molar-refractivity contribution >= 4 is 56.4 Å². The number of aromatic nitrogens is 2. The van der Waals surface area contributed by atoms with Crippen LogP contribution in [0.2, 0.25) is 15.2 Å². The Labute approximate surface area is 137 Å². The van der Waals surface area contributed by atoms with E-state index in [4.69, 9.17) is 40.1 Å². The fourth-order valence-electron chi connectivity index (χ4n) is 1.80. The molecule has 0 radical (unpaired) electrons. The minimum absolute atomic E-state index is 0.117. The van der Waals surface area contributed by atoms with Gasteiger partial charge in [-0.15, -0.1) is 11.3 Å². The van der Waals surface area contributed by atoms with Gasteiger partial charge in [0.15, 0.2) is 5.82 Å². The average molecular weight is 359 g/mol. The smallest absolute Gasteiger partial charge is 0.168 e. The molecule has 3 aromatic rings. The highest BCUT2D eigenvalue weighted by molar-refractivity contribution is 7.22. The Kier molecular flexibility index (Phi) is 3.72. The number of hydrogen-bond donors (Lipinski definition) is 0. The van der Waals surface area contributed by atoms with Gasteiger partial charge in [-0.05, 0) is 12.1 Å². The molecule has 104 valence electrons. The van der Waals surface area contributed by atoms with Gasteiger partial charge < -0.3 is 0 Å². The fourth-order valence-corrected chi connectivity index (χ4v) is 3.87. The Morgan fingerprint density at radius 3 is 2.43 bits per heavy atom. The predicted molar refractivity (Wildman–Crippen MR) is 82.6 cm³/mol. The van der Waals surface area contributed by atoms with Gasteiger partial charge in [-0.25, -0.2) is 14.4 Å². The van der Waals surface area contributed by atoms with Crippen molar-refractivity contribution in [1.82, 2.24) is 9.97 Å². The van der Waals surface area contributed by atoms with Crippen LogP contribution in [0.15, 0.2) is 18.3 Å². The zero-order chi connectivity index (χ0) is 15.1. The van der Waals surface area contributed by atoms with Crippen molar-refractivity contribution in [3.63, 3.8) is 0 Å². The van der Waals surface area contributed by atoms with E-state index in [1.165, 1.54) is 12.1 Å². The normalized spacial score (nSPS) is 10.8. The van der Waals surface area contributed by atoms with Crippen molar-refractivity contribution in [3.05, 3.63) is 44.9 Å². The van der Waals surface area contributed by atoms with Gasteiger partial charge >= 0.3 is 0 Å². The van der Waals surface area contributed by atoms with Crippen LogP contribution in [-0.4, -0.2) is 9.97 Å². The molecule has 21 heavy (non-hydrogen) atoms. The Morgan fingerprint density at radius 1 is 1.19 bits per heavy atom. The number of benzene rings is 1. The highest BCUT2D eigenvalue weighted by atomic mass is 35.5. The molecule has 2 heterocycles. The maximum absolute atomic E-state index is 13.7. The third kappa shape index (κ3) is 2.45. The number of nitriles is 1. The summed E-state index contributed by atoms with van der Waals surface area (Å²) in [5, 5.41) is 9.99. The molecule has 0 saturated carbocycles. The quantitative estimate of drug-likeness (QED) is 0.552. The van der Waals surface area contributed by atoms with Gasteiger partial charge in [0.25, 0.3) is 0 Å². The summed E-state index contributed by atoms with van der Waals surface area (Å²) in [6.45, 7) is 0. The molecule has 0 amide bonds. The van der Waals surface area contributed by atoms with Crippen molar-refractivity contribution in [2.24, 2.45) is 0 Å². The first kappa shape index (κ1) is 14.5. The van der Waals surface area contributed by atoms with E-state index in [0.717, 1.165) is 17.5 Å². The molecular formula is C13H3Cl3FN3S. The Bertz CT molecular complexity index is 855. The molecule has 8 heteroatoms. The second-order valence-corrected chi connectivity index (χ2v) is 6.19.